The average Bonchev–Trinajstić information content (AvgIpc) is 3.21. The minimum atomic E-state index is -1.57. The largest absolute Gasteiger partial charge is 0.508 e. The van der Waals surface area contributed by atoms with Crippen LogP contribution >= 0.6 is 0 Å². The Hall–Kier alpha value is -5.84. The second-order valence-corrected chi connectivity index (χ2v) is 14.7. The van der Waals surface area contributed by atoms with Crippen LogP contribution in [0.3, 0.4) is 0 Å². The Kier molecular flexibility index (Phi) is 13.4. The molecule has 0 bridgehead atoms. The minimum Gasteiger partial charge on any atom is -0.508 e. The van der Waals surface area contributed by atoms with Gasteiger partial charge in [-0.05, 0) is 91.1 Å². The smallest absolute Gasteiger partial charge is 0.415 e. The van der Waals surface area contributed by atoms with Crippen LogP contribution in [0.5, 0.6) is 17.2 Å². The van der Waals surface area contributed by atoms with Crippen molar-refractivity contribution in [1.82, 2.24) is 4.90 Å². The summed E-state index contributed by atoms with van der Waals surface area (Å²) in [5, 5.41) is 57.6. The molecule has 0 aromatic heterocycles. The maximum absolute atomic E-state index is 14.1. The highest BCUT2D eigenvalue weighted by Crippen LogP contribution is 2.61. The minimum absolute atomic E-state index is 0.0133. The molecule has 16 heteroatoms. The zero-order valence-electron chi connectivity index (χ0n) is 32.2. The number of ether oxygens (including phenoxy) is 3. The van der Waals surface area contributed by atoms with Gasteiger partial charge in [-0.1, -0.05) is 30.1 Å². The molecule has 1 heterocycles. The Morgan fingerprint density at radius 2 is 1.64 bits per heavy atom. The van der Waals surface area contributed by atoms with Crippen LogP contribution in [0, 0.1) is 38.0 Å². The van der Waals surface area contributed by atoms with Crippen LogP contribution in [0.1, 0.15) is 62.0 Å². The number of carbonyl (C=O) groups is 1. The number of nitrogens with zero attached hydrogens (tertiary/aromatic N) is 4. The number of benzene rings is 3. The summed E-state index contributed by atoms with van der Waals surface area (Å²) < 4.78 is 19.5. The molecule has 0 saturated heterocycles. The lowest BCUT2D eigenvalue weighted by molar-refractivity contribution is -0.385. The molecule has 1 aliphatic heterocycles. The molecule has 1 amide bonds. The summed E-state index contributed by atoms with van der Waals surface area (Å²) in [6.45, 7) is 3.98. The van der Waals surface area contributed by atoms with Crippen molar-refractivity contribution in [2.45, 2.75) is 69.3 Å². The fraction of sp³-hybridized carbons (Fsp3) is 0.429. The zero-order chi connectivity index (χ0) is 41.4. The number of aliphatic hydroxyl groups is 2. The maximum atomic E-state index is 14.1. The first-order valence-corrected chi connectivity index (χ1v) is 19.3. The Morgan fingerprint density at radius 3 is 2.28 bits per heavy atom. The number of allylic oxidation sites excluding steroid dienone is 1. The number of phenolic OH excluding ortho intramolecular Hbond substituents is 1. The van der Waals surface area contributed by atoms with Crippen molar-refractivity contribution in [2.24, 2.45) is 22.9 Å². The number of unbranched alkanes of at least 4 members (excludes halogenated alkanes) is 2. The number of aromatic hydroxyl groups is 1. The molecule has 3 aromatic rings. The lowest BCUT2D eigenvalue weighted by Gasteiger charge is -2.59. The molecule has 3 N–H and O–H groups in total. The topological polar surface area (TPSA) is 217 Å². The standard InChI is InChI=1S/C42H48N4O12/c1-3-22-55-42-38(44(2)41(50)57-32-17-14-30(15-18-32)46(53)54)25-36(43-56-26-27-10-12-29(13-11-27)45(51)52)34-23-28(8-4-6-20-47)33(9-5-7-21-48)39(40(34)42)35-24-31(49)16-19-37(35)58-42/h3,10-19,23-24,28,33,38-40,47-49H,1,4-9,20-22,25-26H2,2H3. The maximum Gasteiger partial charge on any atom is 0.415 e. The molecule has 0 radical (unpaired) electrons. The molecule has 3 aromatic carbocycles. The molecule has 6 atom stereocenters. The highest BCUT2D eigenvalue weighted by molar-refractivity contribution is 6.03. The van der Waals surface area contributed by atoms with E-state index in [0.717, 1.165) is 24.0 Å². The molecule has 0 spiro atoms. The highest BCUT2D eigenvalue weighted by atomic mass is 16.7. The third-order valence-corrected chi connectivity index (χ3v) is 11.2. The van der Waals surface area contributed by atoms with E-state index in [1.807, 2.05) is 0 Å². The second kappa shape index (κ2) is 18.6. The van der Waals surface area contributed by atoms with Crippen LogP contribution in [0.25, 0.3) is 0 Å². The molecule has 1 fully saturated rings. The normalized spacial score (nSPS) is 23.7. The van der Waals surface area contributed by atoms with Gasteiger partial charge in [0.25, 0.3) is 11.4 Å². The summed E-state index contributed by atoms with van der Waals surface area (Å²) in [5.74, 6) is -2.08. The van der Waals surface area contributed by atoms with E-state index in [-0.39, 0.29) is 73.5 Å². The molecular weight excluding hydrogens is 752 g/mol. The summed E-state index contributed by atoms with van der Waals surface area (Å²) in [6, 6.07) is 15.1. The number of hydrogen-bond acceptors (Lipinski definition) is 13. The lowest BCUT2D eigenvalue weighted by Crippen LogP contribution is -2.69. The molecule has 16 nitrogen and oxygen atoms in total. The van der Waals surface area contributed by atoms with Crippen LogP contribution in [-0.4, -0.2) is 80.6 Å². The van der Waals surface area contributed by atoms with Gasteiger partial charge >= 0.3 is 6.09 Å². The number of amides is 1. The number of nitro groups is 2. The number of aliphatic hydroxyl groups excluding tert-OH is 2. The van der Waals surface area contributed by atoms with Crippen molar-refractivity contribution < 1.29 is 49.0 Å². The van der Waals surface area contributed by atoms with Gasteiger partial charge in [-0.15, -0.1) is 6.58 Å². The first-order valence-electron chi connectivity index (χ1n) is 19.3. The van der Waals surface area contributed by atoms with E-state index < -0.39 is 33.7 Å². The number of carbonyl (C=O) groups excluding carboxylic acids is 1. The van der Waals surface area contributed by atoms with Gasteiger partial charge in [0, 0.05) is 62.4 Å². The molecule has 58 heavy (non-hydrogen) atoms. The number of phenols is 1. The van der Waals surface area contributed by atoms with E-state index in [2.05, 4.69) is 17.8 Å². The van der Waals surface area contributed by atoms with Crippen LogP contribution in [0.15, 0.2) is 96.2 Å². The predicted molar refractivity (Wildman–Crippen MR) is 211 cm³/mol. The van der Waals surface area contributed by atoms with Gasteiger partial charge in [-0.2, -0.15) is 0 Å². The third kappa shape index (κ3) is 8.83. The average molecular weight is 801 g/mol. The summed E-state index contributed by atoms with van der Waals surface area (Å²) in [5.41, 5.74) is 2.43. The van der Waals surface area contributed by atoms with Gasteiger partial charge in [0.15, 0.2) is 0 Å². The highest BCUT2D eigenvalue weighted by Gasteiger charge is 2.65. The molecule has 3 aliphatic rings. The van der Waals surface area contributed by atoms with Crippen LogP contribution in [0.4, 0.5) is 16.2 Å². The molecule has 6 rings (SSSR count). The van der Waals surface area contributed by atoms with Crippen LogP contribution < -0.4 is 9.47 Å². The lowest BCUT2D eigenvalue weighted by atomic mass is 9.55. The Morgan fingerprint density at radius 1 is 0.983 bits per heavy atom. The molecule has 2 aliphatic carbocycles. The van der Waals surface area contributed by atoms with Gasteiger partial charge in [0.05, 0.1) is 28.1 Å². The molecule has 308 valence electrons. The zero-order valence-corrected chi connectivity index (χ0v) is 32.2. The van der Waals surface area contributed by atoms with E-state index >= 15 is 0 Å². The van der Waals surface area contributed by atoms with Gasteiger partial charge in [-0.25, -0.2) is 4.79 Å². The van der Waals surface area contributed by atoms with Gasteiger partial charge in [0.2, 0.25) is 5.79 Å². The van der Waals surface area contributed by atoms with Gasteiger partial charge in [0.1, 0.15) is 29.9 Å². The van der Waals surface area contributed by atoms with Crippen molar-refractivity contribution in [1.29, 1.82) is 0 Å². The molecule has 6 unspecified atom stereocenters. The number of likely N-dealkylation sites (N-methyl/N-ethyl adjacent to an activating group) is 1. The van der Waals surface area contributed by atoms with E-state index in [0.29, 0.717) is 42.7 Å². The summed E-state index contributed by atoms with van der Waals surface area (Å²) in [6.07, 6.45) is 7.09. The number of fused-ring (bicyclic) bond motifs is 2. The molecular formula is C42H48N4O12. The van der Waals surface area contributed by atoms with E-state index in [1.54, 1.807) is 37.4 Å². The number of non-ortho nitro benzene ring substituents is 2. The summed E-state index contributed by atoms with van der Waals surface area (Å²) >= 11 is 0. The van der Waals surface area contributed by atoms with Crippen molar-refractivity contribution in [3.8, 4) is 17.2 Å². The Labute approximate surface area is 335 Å². The van der Waals surface area contributed by atoms with Crippen molar-refractivity contribution in [3.63, 3.8) is 0 Å². The number of rotatable bonds is 18. The van der Waals surface area contributed by atoms with Gasteiger partial charge < -0.3 is 39.3 Å². The fourth-order valence-corrected chi connectivity index (χ4v) is 8.57. The van der Waals surface area contributed by atoms with E-state index in [9.17, 15) is 40.3 Å². The Balaban J connectivity index is 1.49. The predicted octanol–water partition coefficient (Wildman–Crippen LogP) is 7.17. The van der Waals surface area contributed by atoms with E-state index in [4.69, 9.17) is 19.0 Å². The monoisotopic (exact) mass is 800 g/mol. The van der Waals surface area contributed by atoms with Crippen LogP contribution in [-0.2, 0) is 16.2 Å². The van der Waals surface area contributed by atoms with E-state index in [1.165, 1.54) is 47.4 Å². The van der Waals surface area contributed by atoms with Crippen molar-refractivity contribution in [2.75, 3.05) is 26.9 Å². The summed E-state index contributed by atoms with van der Waals surface area (Å²) in [7, 11) is 1.55. The first kappa shape index (κ1) is 41.8. The van der Waals surface area contributed by atoms with Crippen molar-refractivity contribution in [3.05, 3.63) is 122 Å². The quantitative estimate of drug-likeness (QED) is 0.0505. The molecule has 1 saturated carbocycles. The third-order valence-electron chi connectivity index (χ3n) is 11.2. The van der Waals surface area contributed by atoms with Crippen molar-refractivity contribution >= 4 is 23.2 Å². The fourth-order valence-electron chi connectivity index (χ4n) is 8.57. The number of nitro benzene ring substituents is 2. The Bertz CT molecular complexity index is 2020. The second-order valence-electron chi connectivity index (χ2n) is 14.7. The van der Waals surface area contributed by atoms with Crippen LogP contribution in [0.2, 0.25) is 0 Å². The SMILES string of the molecule is C=CCOC12Oc3ccc(O)cc3C3C(CCCCO)C(CCCCO)C=C(C(=NOCc4ccc([N+](=O)[O-])cc4)CC1N(C)C(=O)Oc1ccc([N+](=O)[O-])cc1)C32. The first-order chi connectivity index (χ1) is 28.0. The number of hydrogen-bond donors (Lipinski definition) is 3. The summed E-state index contributed by atoms with van der Waals surface area (Å²) in [4.78, 5) is 42.9. The van der Waals surface area contributed by atoms with Gasteiger partial charge in [-0.3, -0.25) is 20.2 Å². The number of oxime groups is 1.